The number of halogens is 6. The van der Waals surface area contributed by atoms with Gasteiger partial charge in [-0.3, -0.25) is 0 Å². The average molecular weight is 322 g/mol. The normalized spacial score (nSPS) is 12.1. The average Bonchev–Trinajstić information content (AvgIpc) is 2.35. The maximum absolute atomic E-state index is 12.2. The fourth-order valence-electron chi connectivity index (χ4n) is 1.75. The van der Waals surface area contributed by atoms with E-state index in [4.69, 9.17) is 0 Å². The summed E-state index contributed by atoms with van der Waals surface area (Å²) in [5, 5.41) is 0. The molecule has 0 saturated carbocycles. The molecule has 118 valence electrons. The van der Waals surface area contributed by atoms with Crippen LogP contribution in [0.15, 0.2) is 48.5 Å². The van der Waals surface area contributed by atoms with E-state index >= 15 is 0 Å². The van der Waals surface area contributed by atoms with Crippen LogP contribution in [0.5, 0.6) is 11.5 Å². The molecule has 0 fully saturated rings. The molecule has 0 aliphatic heterocycles. The van der Waals surface area contributed by atoms with Gasteiger partial charge in [0.2, 0.25) is 0 Å². The van der Waals surface area contributed by atoms with Crippen LogP contribution in [0.25, 0.3) is 11.1 Å². The molecular formula is C14H8F6O2. The van der Waals surface area contributed by atoms with Crippen LogP contribution in [0.3, 0.4) is 0 Å². The van der Waals surface area contributed by atoms with Crippen LogP contribution in [-0.4, -0.2) is 12.7 Å². The summed E-state index contributed by atoms with van der Waals surface area (Å²) >= 11 is 0. The molecule has 0 bridgehead atoms. The van der Waals surface area contributed by atoms with Crippen molar-refractivity contribution >= 4 is 0 Å². The molecule has 0 aromatic heterocycles. The Kier molecular flexibility index (Phi) is 4.20. The predicted octanol–water partition coefficient (Wildman–Crippen LogP) is 5.15. The number of alkyl halides is 6. The van der Waals surface area contributed by atoms with E-state index in [0.29, 0.717) is 0 Å². The first-order valence-corrected chi connectivity index (χ1v) is 5.84. The van der Waals surface area contributed by atoms with Gasteiger partial charge >= 0.3 is 12.7 Å². The SMILES string of the molecule is FC(F)(F)Oc1cccc(-c2cccc(OC(F)(F)F)c2)c1. The molecule has 8 heteroatoms. The van der Waals surface area contributed by atoms with E-state index < -0.39 is 24.2 Å². The highest BCUT2D eigenvalue weighted by Gasteiger charge is 2.32. The third-order valence-corrected chi connectivity index (χ3v) is 2.47. The Morgan fingerprint density at radius 3 is 1.27 bits per heavy atom. The second-order valence-corrected chi connectivity index (χ2v) is 4.15. The van der Waals surface area contributed by atoms with Crippen molar-refractivity contribution < 1.29 is 35.8 Å². The zero-order chi connectivity index (χ0) is 16.4. The minimum Gasteiger partial charge on any atom is -0.406 e. The van der Waals surface area contributed by atoms with Gasteiger partial charge < -0.3 is 9.47 Å². The molecular weight excluding hydrogens is 314 g/mol. The van der Waals surface area contributed by atoms with E-state index in [1.807, 2.05) is 0 Å². The summed E-state index contributed by atoms with van der Waals surface area (Å²) in [5.74, 6) is -0.931. The quantitative estimate of drug-likeness (QED) is 0.728. The topological polar surface area (TPSA) is 18.5 Å². The fraction of sp³-hybridized carbons (Fsp3) is 0.143. The number of hydrogen-bond donors (Lipinski definition) is 0. The second-order valence-electron chi connectivity index (χ2n) is 4.15. The lowest BCUT2D eigenvalue weighted by atomic mass is 10.1. The Balaban J connectivity index is 2.28. The molecule has 2 rings (SSSR count). The molecule has 0 heterocycles. The van der Waals surface area contributed by atoms with E-state index in [1.54, 1.807) is 0 Å². The molecule has 0 saturated heterocycles. The Labute approximate surface area is 120 Å². The Morgan fingerprint density at radius 2 is 0.955 bits per heavy atom. The molecule has 2 nitrogen and oxygen atoms in total. The first-order chi connectivity index (χ1) is 10.1. The molecule has 2 aromatic rings. The maximum Gasteiger partial charge on any atom is 0.573 e. The minimum absolute atomic E-state index is 0.259. The number of hydrogen-bond acceptors (Lipinski definition) is 2. The van der Waals surface area contributed by atoms with Gasteiger partial charge in [0.25, 0.3) is 0 Å². The molecule has 0 aliphatic carbocycles. The molecule has 0 N–H and O–H groups in total. The number of benzene rings is 2. The van der Waals surface area contributed by atoms with E-state index in [-0.39, 0.29) is 11.1 Å². The van der Waals surface area contributed by atoms with Gasteiger partial charge in [0.1, 0.15) is 11.5 Å². The minimum atomic E-state index is -4.85. The van der Waals surface area contributed by atoms with Gasteiger partial charge in [-0.25, -0.2) is 0 Å². The molecule has 2 aromatic carbocycles. The van der Waals surface area contributed by atoms with Crippen molar-refractivity contribution in [2.45, 2.75) is 12.7 Å². The predicted molar refractivity (Wildman–Crippen MR) is 65.2 cm³/mol. The van der Waals surface area contributed by atoms with Gasteiger partial charge in [-0.05, 0) is 35.4 Å². The fourth-order valence-corrected chi connectivity index (χ4v) is 1.75. The highest BCUT2D eigenvalue weighted by Crippen LogP contribution is 2.31. The third-order valence-electron chi connectivity index (χ3n) is 2.47. The van der Waals surface area contributed by atoms with Crippen molar-refractivity contribution in [3.8, 4) is 22.6 Å². The third kappa shape index (κ3) is 4.87. The molecule has 0 unspecified atom stereocenters. The Morgan fingerprint density at radius 1 is 0.591 bits per heavy atom. The lowest BCUT2D eigenvalue weighted by Crippen LogP contribution is -2.17. The number of rotatable bonds is 3. The van der Waals surface area contributed by atoms with Crippen LogP contribution in [0.2, 0.25) is 0 Å². The van der Waals surface area contributed by atoms with Crippen LogP contribution in [-0.2, 0) is 0 Å². The van der Waals surface area contributed by atoms with Gasteiger partial charge in [0, 0.05) is 0 Å². The molecule has 0 spiro atoms. The monoisotopic (exact) mass is 322 g/mol. The van der Waals surface area contributed by atoms with Crippen molar-refractivity contribution in [3.05, 3.63) is 48.5 Å². The van der Waals surface area contributed by atoms with E-state index in [9.17, 15) is 26.3 Å². The second kappa shape index (κ2) is 5.78. The van der Waals surface area contributed by atoms with E-state index in [0.717, 1.165) is 24.3 Å². The van der Waals surface area contributed by atoms with Gasteiger partial charge in [0.15, 0.2) is 0 Å². The smallest absolute Gasteiger partial charge is 0.406 e. The number of ether oxygens (including phenoxy) is 2. The van der Waals surface area contributed by atoms with Crippen LogP contribution >= 0.6 is 0 Å². The first-order valence-electron chi connectivity index (χ1n) is 5.84. The first kappa shape index (κ1) is 16.0. The zero-order valence-electron chi connectivity index (χ0n) is 10.7. The lowest BCUT2D eigenvalue weighted by molar-refractivity contribution is -0.275. The van der Waals surface area contributed by atoms with Gasteiger partial charge in [0.05, 0.1) is 0 Å². The summed E-state index contributed by atoms with van der Waals surface area (Å²) in [6.07, 6.45) is -9.69. The van der Waals surface area contributed by atoms with Crippen molar-refractivity contribution in [3.63, 3.8) is 0 Å². The van der Waals surface area contributed by atoms with Crippen molar-refractivity contribution in [2.24, 2.45) is 0 Å². The standard InChI is InChI=1S/C14H8F6O2/c15-13(16,17)21-11-5-1-3-9(7-11)10-4-2-6-12(8-10)22-14(18,19)20/h1-8H. The van der Waals surface area contributed by atoms with Gasteiger partial charge in [-0.2, -0.15) is 0 Å². The van der Waals surface area contributed by atoms with Crippen LogP contribution < -0.4 is 9.47 Å². The van der Waals surface area contributed by atoms with Crippen LogP contribution in [0, 0.1) is 0 Å². The Bertz CT molecular complexity index is 591. The summed E-state index contributed by atoms with van der Waals surface area (Å²) in [5.41, 5.74) is 0.517. The summed E-state index contributed by atoms with van der Waals surface area (Å²) in [4.78, 5) is 0. The summed E-state index contributed by atoms with van der Waals surface area (Å²) in [6, 6.07) is 9.80. The van der Waals surface area contributed by atoms with Crippen molar-refractivity contribution in [2.75, 3.05) is 0 Å². The molecule has 22 heavy (non-hydrogen) atoms. The van der Waals surface area contributed by atoms with E-state index in [1.165, 1.54) is 24.3 Å². The van der Waals surface area contributed by atoms with Gasteiger partial charge in [-0.15, -0.1) is 26.3 Å². The highest BCUT2D eigenvalue weighted by atomic mass is 19.4. The molecule has 0 atom stereocenters. The van der Waals surface area contributed by atoms with Crippen molar-refractivity contribution in [1.82, 2.24) is 0 Å². The largest absolute Gasteiger partial charge is 0.573 e. The summed E-state index contributed by atoms with van der Waals surface area (Å²) in [7, 11) is 0. The molecule has 0 amide bonds. The zero-order valence-corrected chi connectivity index (χ0v) is 10.7. The highest BCUT2D eigenvalue weighted by molar-refractivity contribution is 5.66. The molecule has 0 radical (unpaired) electrons. The molecule has 0 aliphatic rings. The van der Waals surface area contributed by atoms with Crippen molar-refractivity contribution in [1.29, 1.82) is 0 Å². The Hall–Kier alpha value is -2.38. The van der Waals surface area contributed by atoms with Gasteiger partial charge in [-0.1, -0.05) is 24.3 Å². The van der Waals surface area contributed by atoms with Crippen LogP contribution in [0.4, 0.5) is 26.3 Å². The summed E-state index contributed by atoms with van der Waals surface area (Å²) in [6.45, 7) is 0. The van der Waals surface area contributed by atoms with E-state index in [2.05, 4.69) is 9.47 Å². The lowest BCUT2D eigenvalue weighted by Gasteiger charge is -2.12. The maximum atomic E-state index is 12.2. The summed E-state index contributed by atoms with van der Waals surface area (Å²) < 4.78 is 80.5. The van der Waals surface area contributed by atoms with Crippen LogP contribution in [0.1, 0.15) is 0 Å².